The van der Waals surface area contributed by atoms with Gasteiger partial charge in [-0.25, -0.2) is 9.97 Å². The van der Waals surface area contributed by atoms with E-state index in [-0.39, 0.29) is 5.54 Å². The van der Waals surface area contributed by atoms with Crippen LogP contribution >= 0.6 is 11.8 Å². The molecule has 0 aliphatic heterocycles. The molecule has 1 aromatic carbocycles. The van der Waals surface area contributed by atoms with Crippen molar-refractivity contribution in [2.45, 2.75) is 37.8 Å². The predicted octanol–water partition coefficient (Wildman–Crippen LogP) is 3.88. The minimum absolute atomic E-state index is 0.0759. The molecule has 1 heterocycles. The Balaban J connectivity index is 2.02. The van der Waals surface area contributed by atoms with Gasteiger partial charge >= 0.3 is 6.01 Å². The molecule has 0 unspecified atom stereocenters. The van der Waals surface area contributed by atoms with Gasteiger partial charge in [-0.3, -0.25) is 0 Å². The number of thioether (sulfide) groups is 1. The first-order valence-corrected chi connectivity index (χ1v) is 8.07. The second kappa shape index (κ2) is 6.91. The van der Waals surface area contributed by atoms with Crippen LogP contribution in [-0.4, -0.2) is 21.8 Å². The quantitative estimate of drug-likeness (QED) is 0.849. The van der Waals surface area contributed by atoms with Crippen LogP contribution in [0.5, 0.6) is 11.8 Å². The van der Waals surface area contributed by atoms with Crippen LogP contribution in [0.4, 0.5) is 0 Å². The molecular weight excluding hydrogens is 282 g/mol. The monoisotopic (exact) mass is 303 g/mol. The summed E-state index contributed by atoms with van der Waals surface area (Å²) in [5.74, 6) is 0.783. The highest BCUT2D eigenvalue weighted by molar-refractivity contribution is 7.98. The summed E-state index contributed by atoms with van der Waals surface area (Å²) < 4.78 is 5.74. The van der Waals surface area contributed by atoms with Gasteiger partial charge in [0.25, 0.3) is 0 Å². The number of benzene rings is 1. The van der Waals surface area contributed by atoms with Crippen molar-refractivity contribution >= 4 is 11.8 Å². The molecule has 2 aromatic rings. The topological polar surface area (TPSA) is 47.0 Å². The summed E-state index contributed by atoms with van der Waals surface area (Å²) >= 11 is 1.64. The number of ether oxygens (including phenoxy) is 1. The normalized spacial score (nSPS) is 11.4. The van der Waals surface area contributed by atoms with Crippen molar-refractivity contribution < 1.29 is 4.74 Å². The average molecular weight is 303 g/mol. The van der Waals surface area contributed by atoms with E-state index in [0.717, 1.165) is 22.8 Å². The summed E-state index contributed by atoms with van der Waals surface area (Å²) in [6.45, 7) is 7.13. The highest BCUT2D eigenvalue weighted by atomic mass is 32.2. The number of hydrogen-bond donors (Lipinski definition) is 1. The maximum Gasteiger partial charge on any atom is 0.321 e. The molecular formula is C16H21N3OS. The van der Waals surface area contributed by atoms with E-state index < -0.39 is 0 Å². The van der Waals surface area contributed by atoms with Gasteiger partial charge in [0.15, 0.2) is 0 Å². The lowest BCUT2D eigenvalue weighted by atomic mass is 10.1. The van der Waals surface area contributed by atoms with E-state index in [1.807, 2.05) is 30.5 Å². The summed E-state index contributed by atoms with van der Waals surface area (Å²) in [7, 11) is 0. The molecule has 0 saturated heterocycles. The Bertz CT molecular complexity index is 579. The molecule has 0 amide bonds. The summed E-state index contributed by atoms with van der Waals surface area (Å²) in [6, 6.07) is 8.24. The molecule has 2 rings (SSSR count). The third-order valence-corrected chi connectivity index (χ3v) is 3.55. The fourth-order valence-electron chi connectivity index (χ4n) is 1.66. The van der Waals surface area contributed by atoms with Gasteiger partial charge < -0.3 is 10.1 Å². The molecule has 0 fully saturated rings. The fraction of sp³-hybridized carbons (Fsp3) is 0.375. The van der Waals surface area contributed by atoms with E-state index in [9.17, 15) is 0 Å². The van der Waals surface area contributed by atoms with Gasteiger partial charge in [-0.2, -0.15) is 0 Å². The van der Waals surface area contributed by atoms with Crippen molar-refractivity contribution in [3.8, 4) is 11.8 Å². The van der Waals surface area contributed by atoms with E-state index in [1.54, 1.807) is 24.2 Å². The first-order valence-electron chi connectivity index (χ1n) is 6.85. The SMILES string of the molecule is CSc1ccccc1Oc1ncc(CNC(C)(C)C)cn1. The largest absolute Gasteiger partial charge is 0.423 e. The third-order valence-electron chi connectivity index (χ3n) is 2.77. The van der Waals surface area contributed by atoms with E-state index in [0.29, 0.717) is 6.01 Å². The van der Waals surface area contributed by atoms with E-state index in [2.05, 4.69) is 36.1 Å². The highest BCUT2D eigenvalue weighted by Gasteiger charge is 2.09. The van der Waals surface area contributed by atoms with Crippen molar-refractivity contribution in [2.24, 2.45) is 0 Å². The van der Waals surface area contributed by atoms with Gasteiger partial charge in [-0.05, 0) is 39.2 Å². The van der Waals surface area contributed by atoms with Gasteiger partial charge in [-0.15, -0.1) is 11.8 Å². The first kappa shape index (κ1) is 15.8. The van der Waals surface area contributed by atoms with Gasteiger partial charge in [0.05, 0.1) is 0 Å². The lowest BCUT2D eigenvalue weighted by Gasteiger charge is -2.20. The maximum absolute atomic E-state index is 5.74. The zero-order chi connectivity index (χ0) is 15.3. The standard InChI is InChI=1S/C16H21N3OS/c1-16(2,3)19-11-12-9-17-15(18-10-12)20-13-7-5-6-8-14(13)21-4/h5-10,19H,11H2,1-4H3. The molecule has 4 nitrogen and oxygen atoms in total. The molecule has 0 aliphatic carbocycles. The Morgan fingerprint density at radius 3 is 2.43 bits per heavy atom. The van der Waals surface area contributed by atoms with E-state index >= 15 is 0 Å². The number of nitrogens with zero attached hydrogens (tertiary/aromatic N) is 2. The molecule has 0 aliphatic rings. The molecule has 0 bridgehead atoms. The third kappa shape index (κ3) is 5.02. The fourth-order valence-corrected chi connectivity index (χ4v) is 2.18. The van der Waals surface area contributed by atoms with Gasteiger partial charge in [-0.1, -0.05) is 12.1 Å². The van der Waals surface area contributed by atoms with Crippen LogP contribution in [-0.2, 0) is 6.54 Å². The van der Waals surface area contributed by atoms with Gasteiger partial charge in [0, 0.05) is 34.9 Å². The number of aromatic nitrogens is 2. The molecule has 1 aromatic heterocycles. The molecule has 0 atom stereocenters. The zero-order valence-corrected chi connectivity index (χ0v) is 13.7. The van der Waals surface area contributed by atoms with Crippen molar-refractivity contribution in [2.75, 3.05) is 6.26 Å². The summed E-state index contributed by atoms with van der Waals surface area (Å²) in [5, 5.41) is 3.40. The number of para-hydroxylation sites is 1. The van der Waals surface area contributed by atoms with Crippen molar-refractivity contribution in [3.05, 3.63) is 42.2 Å². The summed E-state index contributed by atoms with van der Waals surface area (Å²) in [6.07, 6.45) is 5.61. The minimum Gasteiger partial charge on any atom is -0.423 e. The van der Waals surface area contributed by atoms with Crippen LogP contribution in [0.2, 0.25) is 0 Å². The minimum atomic E-state index is 0.0759. The highest BCUT2D eigenvalue weighted by Crippen LogP contribution is 2.29. The van der Waals surface area contributed by atoms with Crippen molar-refractivity contribution in [1.82, 2.24) is 15.3 Å². The molecule has 1 N–H and O–H groups in total. The van der Waals surface area contributed by atoms with Gasteiger partial charge in [0.2, 0.25) is 0 Å². The number of rotatable bonds is 5. The Hall–Kier alpha value is -1.59. The van der Waals surface area contributed by atoms with E-state index in [4.69, 9.17) is 4.74 Å². The lowest BCUT2D eigenvalue weighted by molar-refractivity contribution is 0.418. The lowest BCUT2D eigenvalue weighted by Crippen LogP contribution is -2.35. The summed E-state index contributed by atoms with van der Waals surface area (Å²) in [4.78, 5) is 9.60. The van der Waals surface area contributed by atoms with Crippen LogP contribution in [0.3, 0.4) is 0 Å². The Morgan fingerprint density at radius 1 is 1.14 bits per heavy atom. The second-order valence-corrected chi connectivity index (χ2v) is 6.58. The molecule has 0 radical (unpaired) electrons. The predicted molar refractivity (Wildman–Crippen MR) is 86.9 cm³/mol. The first-order chi connectivity index (χ1) is 9.98. The molecule has 0 spiro atoms. The average Bonchev–Trinajstić information content (AvgIpc) is 2.46. The molecule has 5 heteroatoms. The van der Waals surface area contributed by atoms with Gasteiger partial charge in [0.1, 0.15) is 5.75 Å². The van der Waals surface area contributed by atoms with Crippen LogP contribution in [0.15, 0.2) is 41.6 Å². The van der Waals surface area contributed by atoms with Crippen LogP contribution in [0, 0.1) is 0 Å². The second-order valence-electron chi connectivity index (χ2n) is 5.73. The Kier molecular flexibility index (Phi) is 5.20. The zero-order valence-electron chi connectivity index (χ0n) is 12.9. The number of nitrogens with one attached hydrogen (secondary N) is 1. The van der Waals surface area contributed by atoms with Crippen LogP contribution in [0.25, 0.3) is 0 Å². The van der Waals surface area contributed by atoms with Crippen LogP contribution < -0.4 is 10.1 Å². The number of hydrogen-bond acceptors (Lipinski definition) is 5. The van der Waals surface area contributed by atoms with Crippen LogP contribution in [0.1, 0.15) is 26.3 Å². The maximum atomic E-state index is 5.74. The van der Waals surface area contributed by atoms with Crippen molar-refractivity contribution in [1.29, 1.82) is 0 Å². The Labute approximate surface area is 130 Å². The molecule has 0 saturated carbocycles. The van der Waals surface area contributed by atoms with E-state index in [1.165, 1.54) is 0 Å². The molecule has 21 heavy (non-hydrogen) atoms. The Morgan fingerprint density at radius 2 is 1.81 bits per heavy atom. The smallest absolute Gasteiger partial charge is 0.321 e. The molecule has 112 valence electrons. The summed E-state index contributed by atoms with van der Waals surface area (Å²) in [5.41, 5.74) is 1.11. The van der Waals surface area contributed by atoms with Crippen molar-refractivity contribution in [3.63, 3.8) is 0 Å².